The zero-order chi connectivity index (χ0) is 12.4. The third-order valence-corrected chi connectivity index (χ3v) is 4.18. The van der Waals surface area contributed by atoms with Crippen LogP contribution in [0.2, 0.25) is 5.15 Å². The number of halogens is 2. The van der Waals surface area contributed by atoms with E-state index in [1.807, 2.05) is 0 Å². The zero-order valence-corrected chi connectivity index (χ0v) is 12.2. The molecule has 4 nitrogen and oxygen atoms in total. The van der Waals surface area contributed by atoms with Gasteiger partial charge in [0, 0.05) is 6.54 Å². The highest BCUT2D eigenvalue weighted by Crippen LogP contribution is 2.32. The molecule has 1 aliphatic heterocycles. The van der Waals surface area contributed by atoms with Gasteiger partial charge < -0.3 is 9.64 Å². The second-order valence-corrected chi connectivity index (χ2v) is 5.31. The lowest BCUT2D eigenvalue weighted by Gasteiger charge is -2.39. The van der Waals surface area contributed by atoms with E-state index in [1.54, 1.807) is 0 Å². The number of rotatable bonds is 2. The van der Waals surface area contributed by atoms with Crippen LogP contribution in [0.5, 0.6) is 0 Å². The van der Waals surface area contributed by atoms with Crippen molar-refractivity contribution in [1.82, 2.24) is 9.97 Å². The Hall–Kier alpha value is -0.390. The number of nitrogens with zero attached hydrogens (tertiary/aromatic N) is 3. The Morgan fingerprint density at radius 2 is 2.35 bits per heavy atom. The van der Waals surface area contributed by atoms with E-state index in [4.69, 9.17) is 16.3 Å². The van der Waals surface area contributed by atoms with Gasteiger partial charge in [-0.2, -0.15) is 0 Å². The molecule has 0 aromatic carbocycles. The molecule has 6 heteroatoms. The van der Waals surface area contributed by atoms with Crippen molar-refractivity contribution in [2.24, 2.45) is 0 Å². The van der Waals surface area contributed by atoms with Crippen LogP contribution < -0.4 is 4.90 Å². The van der Waals surface area contributed by atoms with Crippen molar-refractivity contribution >= 4 is 33.3 Å². The van der Waals surface area contributed by atoms with Gasteiger partial charge in [-0.25, -0.2) is 9.97 Å². The molecule has 0 saturated carbocycles. The van der Waals surface area contributed by atoms with Gasteiger partial charge in [-0.05, 0) is 29.3 Å². The second-order valence-electron chi connectivity index (χ2n) is 4.16. The highest BCUT2D eigenvalue weighted by atomic mass is 79.9. The molecular weight excluding hydrogens is 305 g/mol. The standard InChI is InChI=1S/C11H15BrClN3O/c1-3-8-5-17-7(2)4-16(8)11-9(12)10(13)14-6-15-11/h6-8H,3-5H2,1-2H3. The molecule has 1 aliphatic rings. The summed E-state index contributed by atoms with van der Waals surface area (Å²) >= 11 is 9.46. The van der Waals surface area contributed by atoms with Crippen molar-refractivity contribution in [2.75, 3.05) is 18.1 Å². The number of hydrogen-bond acceptors (Lipinski definition) is 4. The topological polar surface area (TPSA) is 38.2 Å². The average Bonchev–Trinajstić information content (AvgIpc) is 2.33. The quantitative estimate of drug-likeness (QED) is 0.785. The first-order chi connectivity index (χ1) is 8.13. The predicted octanol–water partition coefficient (Wildman–Crippen LogP) is 2.90. The number of aromatic nitrogens is 2. The van der Waals surface area contributed by atoms with Crippen LogP contribution in [0, 0.1) is 0 Å². The number of anilines is 1. The van der Waals surface area contributed by atoms with E-state index in [1.165, 1.54) is 6.33 Å². The van der Waals surface area contributed by atoms with E-state index < -0.39 is 0 Å². The maximum atomic E-state index is 6.00. The van der Waals surface area contributed by atoms with Gasteiger partial charge in [0.15, 0.2) is 0 Å². The van der Waals surface area contributed by atoms with Crippen LogP contribution in [-0.2, 0) is 4.74 Å². The number of ether oxygens (including phenoxy) is 1. The summed E-state index contributed by atoms with van der Waals surface area (Å²) in [5, 5.41) is 0.448. The van der Waals surface area contributed by atoms with E-state index in [0.29, 0.717) is 11.2 Å². The van der Waals surface area contributed by atoms with E-state index >= 15 is 0 Å². The molecule has 2 rings (SSSR count). The number of hydrogen-bond donors (Lipinski definition) is 0. The average molecular weight is 321 g/mol. The highest BCUT2D eigenvalue weighted by molar-refractivity contribution is 9.10. The first-order valence-corrected chi connectivity index (χ1v) is 6.84. The van der Waals surface area contributed by atoms with Gasteiger partial charge in [0.25, 0.3) is 0 Å². The van der Waals surface area contributed by atoms with Crippen LogP contribution >= 0.6 is 27.5 Å². The number of morpholine rings is 1. The molecule has 1 saturated heterocycles. The van der Waals surface area contributed by atoms with Crippen LogP contribution in [0.25, 0.3) is 0 Å². The molecule has 2 heterocycles. The third kappa shape index (κ3) is 2.72. The van der Waals surface area contributed by atoms with E-state index in [0.717, 1.165) is 29.9 Å². The fourth-order valence-corrected chi connectivity index (χ4v) is 2.54. The van der Waals surface area contributed by atoms with Crippen LogP contribution in [-0.4, -0.2) is 35.3 Å². The summed E-state index contributed by atoms with van der Waals surface area (Å²) in [6.45, 7) is 5.76. The molecule has 0 aliphatic carbocycles. The first-order valence-electron chi connectivity index (χ1n) is 5.67. The molecule has 0 amide bonds. The monoisotopic (exact) mass is 319 g/mol. The lowest BCUT2D eigenvalue weighted by molar-refractivity contribution is 0.0295. The maximum Gasteiger partial charge on any atom is 0.148 e. The van der Waals surface area contributed by atoms with Gasteiger partial charge in [0.2, 0.25) is 0 Å². The summed E-state index contributed by atoms with van der Waals surface area (Å²) in [4.78, 5) is 10.5. The molecule has 0 radical (unpaired) electrons. The summed E-state index contributed by atoms with van der Waals surface area (Å²) in [6, 6.07) is 0.341. The minimum Gasteiger partial charge on any atom is -0.375 e. The van der Waals surface area contributed by atoms with Crippen molar-refractivity contribution in [3.05, 3.63) is 16.0 Å². The Bertz CT molecular complexity index is 404. The van der Waals surface area contributed by atoms with Crippen LogP contribution in [0.3, 0.4) is 0 Å². The third-order valence-electron chi connectivity index (χ3n) is 2.94. The van der Waals surface area contributed by atoms with Crippen molar-refractivity contribution in [1.29, 1.82) is 0 Å². The van der Waals surface area contributed by atoms with Crippen molar-refractivity contribution < 1.29 is 4.74 Å². The summed E-state index contributed by atoms with van der Waals surface area (Å²) < 4.78 is 6.43. The SMILES string of the molecule is CCC1COC(C)CN1c1ncnc(Cl)c1Br. The van der Waals surface area contributed by atoms with Gasteiger partial charge in [-0.1, -0.05) is 18.5 Å². The zero-order valence-electron chi connectivity index (χ0n) is 9.86. The molecule has 1 aromatic rings. The van der Waals surface area contributed by atoms with E-state index in [2.05, 4.69) is 44.6 Å². The Labute approximate surface area is 114 Å². The van der Waals surface area contributed by atoms with E-state index in [9.17, 15) is 0 Å². The van der Waals surface area contributed by atoms with E-state index in [-0.39, 0.29) is 6.10 Å². The summed E-state index contributed by atoms with van der Waals surface area (Å²) in [6.07, 6.45) is 2.72. The lowest BCUT2D eigenvalue weighted by Crippen LogP contribution is -2.49. The second kappa shape index (κ2) is 5.50. The molecule has 2 atom stereocenters. The van der Waals surface area contributed by atoms with Gasteiger partial charge in [-0.15, -0.1) is 0 Å². The Morgan fingerprint density at radius 1 is 1.59 bits per heavy atom. The molecular formula is C11H15BrClN3O. The molecule has 2 unspecified atom stereocenters. The molecule has 1 aromatic heterocycles. The largest absolute Gasteiger partial charge is 0.375 e. The summed E-state index contributed by atoms with van der Waals surface area (Å²) in [7, 11) is 0. The first kappa shape index (κ1) is 13.1. The summed E-state index contributed by atoms with van der Waals surface area (Å²) in [5.74, 6) is 0.854. The van der Waals surface area contributed by atoms with Gasteiger partial charge >= 0.3 is 0 Å². The molecule has 0 spiro atoms. The van der Waals surface area contributed by atoms with Crippen LogP contribution in [0.1, 0.15) is 20.3 Å². The highest BCUT2D eigenvalue weighted by Gasteiger charge is 2.28. The molecule has 1 fully saturated rings. The van der Waals surface area contributed by atoms with Gasteiger partial charge in [0.05, 0.1) is 23.2 Å². The maximum absolute atomic E-state index is 6.00. The van der Waals surface area contributed by atoms with Crippen molar-refractivity contribution in [2.45, 2.75) is 32.4 Å². The Kier molecular flexibility index (Phi) is 4.22. The van der Waals surface area contributed by atoms with Gasteiger partial charge in [-0.3, -0.25) is 0 Å². The lowest BCUT2D eigenvalue weighted by atomic mass is 10.1. The normalized spacial score (nSPS) is 25.1. The van der Waals surface area contributed by atoms with Crippen LogP contribution in [0.4, 0.5) is 5.82 Å². The van der Waals surface area contributed by atoms with Gasteiger partial charge in [0.1, 0.15) is 17.3 Å². The molecule has 0 N–H and O–H groups in total. The van der Waals surface area contributed by atoms with Crippen molar-refractivity contribution in [3.63, 3.8) is 0 Å². The smallest absolute Gasteiger partial charge is 0.148 e. The molecule has 94 valence electrons. The molecule has 17 heavy (non-hydrogen) atoms. The Balaban J connectivity index is 2.32. The van der Waals surface area contributed by atoms with Crippen LogP contribution in [0.15, 0.2) is 10.8 Å². The Morgan fingerprint density at radius 3 is 3.06 bits per heavy atom. The summed E-state index contributed by atoms with van der Waals surface area (Å²) in [5.41, 5.74) is 0. The minimum atomic E-state index is 0.207. The van der Waals surface area contributed by atoms with Crippen molar-refractivity contribution in [3.8, 4) is 0 Å². The molecule has 0 bridgehead atoms. The fraction of sp³-hybridized carbons (Fsp3) is 0.636. The minimum absolute atomic E-state index is 0.207. The predicted molar refractivity (Wildman–Crippen MR) is 71.6 cm³/mol. The fourth-order valence-electron chi connectivity index (χ4n) is 1.98.